The molecule has 4 heteroatoms. The molecule has 4 nitrogen and oxygen atoms in total. The molecule has 0 saturated heterocycles. The van der Waals surface area contributed by atoms with Gasteiger partial charge in [-0.15, -0.1) is 0 Å². The molecule has 2 heterocycles. The zero-order valence-electron chi connectivity index (χ0n) is 12.0. The van der Waals surface area contributed by atoms with E-state index in [-0.39, 0.29) is 0 Å². The standard InChI is InChI=1S/C15H22N4/c1-4-13-9-14(5-2)19(18-13)15-8-7-12(11-17-15)10-16-6-3/h7-9,11,16H,4-6,10H2,1-3H3. The first-order chi connectivity index (χ1) is 9.28. The van der Waals surface area contributed by atoms with Crippen molar-refractivity contribution in [3.05, 3.63) is 41.3 Å². The van der Waals surface area contributed by atoms with E-state index in [2.05, 4.69) is 48.3 Å². The lowest BCUT2D eigenvalue weighted by Gasteiger charge is -2.06. The fraction of sp³-hybridized carbons (Fsp3) is 0.467. The molecule has 0 saturated carbocycles. The van der Waals surface area contributed by atoms with Gasteiger partial charge in [-0.3, -0.25) is 0 Å². The minimum Gasteiger partial charge on any atom is -0.313 e. The van der Waals surface area contributed by atoms with Crippen LogP contribution >= 0.6 is 0 Å². The molecule has 102 valence electrons. The predicted molar refractivity (Wildman–Crippen MR) is 77.5 cm³/mol. The van der Waals surface area contributed by atoms with Crippen molar-refractivity contribution in [1.29, 1.82) is 0 Å². The molecule has 19 heavy (non-hydrogen) atoms. The lowest BCUT2D eigenvalue weighted by molar-refractivity contribution is 0.720. The van der Waals surface area contributed by atoms with Gasteiger partial charge in [0.25, 0.3) is 0 Å². The average molecular weight is 258 g/mol. The Morgan fingerprint density at radius 2 is 2.00 bits per heavy atom. The Bertz CT molecular complexity index is 513. The molecule has 0 atom stereocenters. The highest BCUT2D eigenvalue weighted by molar-refractivity contribution is 5.28. The fourth-order valence-corrected chi connectivity index (χ4v) is 2.01. The summed E-state index contributed by atoms with van der Waals surface area (Å²) in [6.07, 6.45) is 3.84. The lowest BCUT2D eigenvalue weighted by Crippen LogP contribution is -2.12. The van der Waals surface area contributed by atoms with Gasteiger partial charge in [0.2, 0.25) is 0 Å². The van der Waals surface area contributed by atoms with Gasteiger partial charge in [0.05, 0.1) is 5.69 Å². The maximum Gasteiger partial charge on any atom is 0.153 e. The summed E-state index contributed by atoms with van der Waals surface area (Å²) < 4.78 is 1.95. The van der Waals surface area contributed by atoms with E-state index < -0.39 is 0 Å². The van der Waals surface area contributed by atoms with Gasteiger partial charge in [0.1, 0.15) is 0 Å². The zero-order valence-corrected chi connectivity index (χ0v) is 12.0. The summed E-state index contributed by atoms with van der Waals surface area (Å²) in [5.74, 6) is 0.900. The van der Waals surface area contributed by atoms with E-state index in [9.17, 15) is 0 Å². The molecule has 0 aliphatic carbocycles. The molecule has 0 spiro atoms. The highest BCUT2D eigenvalue weighted by atomic mass is 15.3. The molecule has 1 N–H and O–H groups in total. The van der Waals surface area contributed by atoms with Crippen molar-refractivity contribution in [3.63, 3.8) is 0 Å². The van der Waals surface area contributed by atoms with E-state index in [1.165, 1.54) is 11.3 Å². The van der Waals surface area contributed by atoms with Crippen LogP contribution in [0.3, 0.4) is 0 Å². The van der Waals surface area contributed by atoms with Crippen molar-refractivity contribution in [1.82, 2.24) is 20.1 Å². The van der Waals surface area contributed by atoms with E-state index in [0.29, 0.717) is 0 Å². The smallest absolute Gasteiger partial charge is 0.153 e. The van der Waals surface area contributed by atoms with Gasteiger partial charge in [0, 0.05) is 18.4 Å². The molecular formula is C15H22N4. The van der Waals surface area contributed by atoms with Crippen LogP contribution in [0, 0.1) is 0 Å². The highest BCUT2D eigenvalue weighted by Gasteiger charge is 2.08. The summed E-state index contributed by atoms with van der Waals surface area (Å²) in [5, 5.41) is 7.90. The van der Waals surface area contributed by atoms with E-state index in [0.717, 1.165) is 37.4 Å². The summed E-state index contributed by atoms with van der Waals surface area (Å²) in [5.41, 5.74) is 3.53. The van der Waals surface area contributed by atoms with Crippen molar-refractivity contribution in [2.75, 3.05) is 6.54 Å². The first kappa shape index (κ1) is 13.7. The van der Waals surface area contributed by atoms with Crippen molar-refractivity contribution in [2.24, 2.45) is 0 Å². The van der Waals surface area contributed by atoms with Gasteiger partial charge >= 0.3 is 0 Å². The van der Waals surface area contributed by atoms with Crippen molar-refractivity contribution >= 4 is 0 Å². The molecule has 0 aliphatic heterocycles. The number of rotatable bonds is 6. The van der Waals surface area contributed by atoms with E-state index >= 15 is 0 Å². The van der Waals surface area contributed by atoms with Gasteiger partial charge in [-0.25, -0.2) is 9.67 Å². The van der Waals surface area contributed by atoms with Crippen LogP contribution in [0.15, 0.2) is 24.4 Å². The van der Waals surface area contributed by atoms with Gasteiger partial charge in [0.15, 0.2) is 5.82 Å². The molecule has 2 aromatic heterocycles. The van der Waals surface area contributed by atoms with Gasteiger partial charge in [-0.05, 0) is 37.1 Å². The maximum atomic E-state index is 4.60. The molecular weight excluding hydrogens is 236 g/mol. The van der Waals surface area contributed by atoms with Crippen molar-refractivity contribution in [2.45, 2.75) is 40.2 Å². The van der Waals surface area contributed by atoms with Gasteiger partial charge < -0.3 is 5.32 Å². The first-order valence-corrected chi connectivity index (χ1v) is 7.02. The second-order valence-electron chi connectivity index (χ2n) is 4.55. The van der Waals surface area contributed by atoms with Crippen molar-refractivity contribution in [3.8, 4) is 5.82 Å². The van der Waals surface area contributed by atoms with Gasteiger partial charge in [-0.2, -0.15) is 5.10 Å². The Labute approximate surface area is 114 Å². The SMILES string of the molecule is CCNCc1ccc(-n2nc(CC)cc2CC)nc1. The number of pyridine rings is 1. The third-order valence-electron chi connectivity index (χ3n) is 3.16. The number of hydrogen-bond donors (Lipinski definition) is 1. The van der Waals surface area contributed by atoms with E-state index in [1.54, 1.807) is 0 Å². The van der Waals surface area contributed by atoms with Gasteiger partial charge in [-0.1, -0.05) is 26.8 Å². The second kappa shape index (κ2) is 6.48. The third kappa shape index (κ3) is 3.20. The minimum atomic E-state index is 0.865. The molecule has 0 unspecified atom stereocenters. The summed E-state index contributed by atoms with van der Waals surface area (Å²) in [7, 11) is 0. The van der Waals surface area contributed by atoms with Crippen LogP contribution in [0.1, 0.15) is 37.7 Å². The van der Waals surface area contributed by atoms with Crippen LogP contribution in [0.5, 0.6) is 0 Å². The quantitative estimate of drug-likeness (QED) is 0.865. The van der Waals surface area contributed by atoms with E-state index in [4.69, 9.17) is 0 Å². The van der Waals surface area contributed by atoms with Crippen LogP contribution in [-0.4, -0.2) is 21.3 Å². The Hall–Kier alpha value is -1.68. The van der Waals surface area contributed by atoms with Crippen molar-refractivity contribution < 1.29 is 0 Å². The molecule has 2 aromatic rings. The summed E-state index contributed by atoms with van der Waals surface area (Å²) in [6, 6.07) is 6.31. The van der Waals surface area contributed by atoms with Crippen LogP contribution in [0.25, 0.3) is 5.82 Å². The average Bonchev–Trinajstić information content (AvgIpc) is 2.89. The van der Waals surface area contributed by atoms with Crippen LogP contribution < -0.4 is 5.32 Å². The molecule has 0 aromatic carbocycles. The maximum absolute atomic E-state index is 4.60. The summed E-state index contributed by atoms with van der Waals surface area (Å²) in [4.78, 5) is 4.52. The number of hydrogen-bond acceptors (Lipinski definition) is 3. The van der Waals surface area contributed by atoms with Crippen LogP contribution in [0.4, 0.5) is 0 Å². The predicted octanol–water partition coefficient (Wildman–Crippen LogP) is 2.50. The molecule has 0 radical (unpaired) electrons. The topological polar surface area (TPSA) is 42.7 Å². The highest BCUT2D eigenvalue weighted by Crippen LogP contribution is 2.12. The normalized spacial score (nSPS) is 10.9. The summed E-state index contributed by atoms with van der Waals surface area (Å²) >= 11 is 0. The summed E-state index contributed by atoms with van der Waals surface area (Å²) in [6.45, 7) is 8.21. The van der Waals surface area contributed by atoms with Crippen LogP contribution in [0.2, 0.25) is 0 Å². The van der Waals surface area contributed by atoms with Crippen LogP contribution in [-0.2, 0) is 19.4 Å². The second-order valence-corrected chi connectivity index (χ2v) is 4.55. The Morgan fingerprint density at radius 1 is 1.16 bits per heavy atom. The first-order valence-electron chi connectivity index (χ1n) is 7.02. The number of aromatic nitrogens is 3. The third-order valence-corrected chi connectivity index (χ3v) is 3.16. The fourth-order valence-electron chi connectivity index (χ4n) is 2.01. The molecule has 0 aliphatic rings. The largest absolute Gasteiger partial charge is 0.313 e. The minimum absolute atomic E-state index is 0.865. The molecule has 0 fully saturated rings. The number of aryl methyl sites for hydroxylation is 2. The molecule has 0 amide bonds. The lowest BCUT2D eigenvalue weighted by atomic mass is 10.2. The van der Waals surface area contributed by atoms with E-state index in [1.807, 2.05) is 16.9 Å². The number of nitrogens with one attached hydrogen (secondary N) is 1. The number of nitrogens with zero attached hydrogens (tertiary/aromatic N) is 3. The Balaban J connectivity index is 2.23. The zero-order chi connectivity index (χ0) is 13.7. The molecule has 0 bridgehead atoms. The monoisotopic (exact) mass is 258 g/mol. The Kier molecular flexibility index (Phi) is 4.68. The molecule has 2 rings (SSSR count). The Morgan fingerprint density at radius 3 is 2.58 bits per heavy atom.